The van der Waals surface area contributed by atoms with E-state index in [0.717, 1.165) is 28.4 Å². The molecule has 0 fully saturated rings. The molecule has 0 bridgehead atoms. The van der Waals surface area contributed by atoms with Crippen molar-refractivity contribution in [2.45, 2.75) is 6.17 Å². The lowest BCUT2D eigenvalue weighted by Crippen LogP contribution is -2.51. The monoisotopic (exact) mass is 416 g/mol. The Kier molecular flexibility index (Phi) is 5.50. The number of para-hydroxylation sites is 2. The van der Waals surface area contributed by atoms with Gasteiger partial charge in [0.2, 0.25) is 0 Å². The summed E-state index contributed by atoms with van der Waals surface area (Å²) >= 11 is 0. The summed E-state index contributed by atoms with van der Waals surface area (Å²) < 4.78 is 19.5. The number of fused-ring (bicyclic) bond motifs is 3. The number of benzene rings is 1. The van der Waals surface area contributed by atoms with Crippen molar-refractivity contribution in [3.8, 4) is 0 Å². The first-order valence-corrected chi connectivity index (χ1v) is 8.77. The Hall–Kier alpha value is -3.82. The van der Waals surface area contributed by atoms with E-state index in [1.807, 2.05) is 0 Å². The molecule has 0 aromatic heterocycles. The predicted octanol–water partition coefficient (Wildman–Crippen LogP) is 0.525. The van der Waals surface area contributed by atoms with E-state index >= 15 is 0 Å². The fourth-order valence-corrected chi connectivity index (χ4v) is 3.70. The number of methoxy groups -OCH3 is 4. The minimum absolute atomic E-state index is 0.170. The Balaban J connectivity index is 2.50. The molecule has 10 heteroatoms. The highest BCUT2D eigenvalue weighted by Gasteiger charge is 2.52. The lowest BCUT2D eigenvalue weighted by Gasteiger charge is -2.37. The van der Waals surface area contributed by atoms with Crippen LogP contribution in [0.3, 0.4) is 0 Å². The van der Waals surface area contributed by atoms with Crippen molar-refractivity contribution in [3.63, 3.8) is 0 Å². The summed E-state index contributed by atoms with van der Waals surface area (Å²) in [6.07, 6.45) is -0.966. The van der Waals surface area contributed by atoms with E-state index in [9.17, 15) is 19.2 Å². The quantitative estimate of drug-likeness (QED) is 0.509. The largest absolute Gasteiger partial charge is 0.466 e. The van der Waals surface area contributed by atoms with Crippen LogP contribution < -0.4 is 9.80 Å². The van der Waals surface area contributed by atoms with E-state index in [1.54, 1.807) is 36.2 Å². The number of hydrogen-bond acceptors (Lipinski definition) is 10. The lowest BCUT2D eigenvalue weighted by atomic mass is 9.90. The number of anilines is 2. The second-order valence-corrected chi connectivity index (χ2v) is 6.32. The first-order chi connectivity index (χ1) is 14.3. The highest BCUT2D eigenvalue weighted by atomic mass is 16.5. The maximum Gasteiger partial charge on any atom is 0.355 e. The van der Waals surface area contributed by atoms with Gasteiger partial charge in [0.05, 0.1) is 51.0 Å². The van der Waals surface area contributed by atoms with E-state index in [1.165, 1.54) is 4.90 Å². The fourth-order valence-electron chi connectivity index (χ4n) is 3.70. The SMILES string of the molecule is COC(=O)C1=C(C(=O)OC)C2N(C)c3ccccc3N2C(C(=O)OC)=C1C(=O)OC. The van der Waals surface area contributed by atoms with Crippen LogP contribution in [0.15, 0.2) is 46.7 Å². The van der Waals surface area contributed by atoms with Gasteiger partial charge in [-0.1, -0.05) is 12.1 Å². The molecule has 30 heavy (non-hydrogen) atoms. The number of carbonyl (C=O) groups excluding carboxylic acids is 4. The fraction of sp³-hybridized carbons (Fsp3) is 0.300. The van der Waals surface area contributed by atoms with Gasteiger partial charge in [-0.25, -0.2) is 19.2 Å². The average molecular weight is 416 g/mol. The minimum atomic E-state index is -1.01. The minimum Gasteiger partial charge on any atom is -0.466 e. The van der Waals surface area contributed by atoms with Crippen molar-refractivity contribution >= 4 is 35.3 Å². The van der Waals surface area contributed by atoms with E-state index in [-0.39, 0.29) is 11.3 Å². The number of likely N-dealkylation sites (N-methyl/N-ethyl adjacent to an activating group) is 1. The van der Waals surface area contributed by atoms with Crippen molar-refractivity contribution in [2.24, 2.45) is 0 Å². The second kappa shape index (κ2) is 7.90. The molecule has 0 saturated carbocycles. The van der Waals surface area contributed by atoms with Crippen LogP contribution in [-0.2, 0) is 38.1 Å². The van der Waals surface area contributed by atoms with Crippen LogP contribution in [-0.4, -0.2) is 65.5 Å². The number of nitrogens with zero attached hydrogens (tertiary/aromatic N) is 2. The van der Waals surface area contributed by atoms with Gasteiger partial charge in [0.25, 0.3) is 0 Å². The lowest BCUT2D eigenvalue weighted by molar-refractivity contribution is -0.142. The van der Waals surface area contributed by atoms with Crippen molar-refractivity contribution in [1.29, 1.82) is 0 Å². The van der Waals surface area contributed by atoms with Gasteiger partial charge >= 0.3 is 23.9 Å². The summed E-state index contributed by atoms with van der Waals surface area (Å²) in [5.74, 6) is -3.77. The molecule has 0 N–H and O–H groups in total. The molecule has 0 spiro atoms. The maximum atomic E-state index is 12.8. The Bertz CT molecular complexity index is 1010. The summed E-state index contributed by atoms with van der Waals surface area (Å²) in [4.78, 5) is 54.2. The number of rotatable bonds is 4. The average Bonchev–Trinajstić information content (AvgIpc) is 3.07. The molecule has 0 aliphatic carbocycles. The van der Waals surface area contributed by atoms with Crippen LogP contribution in [0.5, 0.6) is 0 Å². The molecule has 3 rings (SSSR count). The third-order valence-corrected chi connectivity index (χ3v) is 4.95. The molecule has 1 aromatic carbocycles. The number of carbonyl (C=O) groups is 4. The van der Waals surface area contributed by atoms with Gasteiger partial charge in [0.1, 0.15) is 17.4 Å². The van der Waals surface area contributed by atoms with Gasteiger partial charge in [-0.15, -0.1) is 0 Å². The molecule has 2 heterocycles. The van der Waals surface area contributed by atoms with Gasteiger partial charge in [0, 0.05) is 7.05 Å². The summed E-state index contributed by atoms with van der Waals surface area (Å²) in [5.41, 5.74) is -0.108. The van der Waals surface area contributed by atoms with Crippen LogP contribution in [0.1, 0.15) is 0 Å². The Labute approximate surface area is 172 Å². The highest BCUT2D eigenvalue weighted by Crippen LogP contribution is 2.48. The highest BCUT2D eigenvalue weighted by molar-refractivity contribution is 6.19. The van der Waals surface area contributed by atoms with Crippen LogP contribution in [0, 0.1) is 0 Å². The Morgan fingerprint density at radius 2 is 1.23 bits per heavy atom. The molecule has 1 unspecified atom stereocenters. The third-order valence-electron chi connectivity index (χ3n) is 4.95. The van der Waals surface area contributed by atoms with E-state index in [4.69, 9.17) is 18.9 Å². The smallest absolute Gasteiger partial charge is 0.355 e. The van der Waals surface area contributed by atoms with Crippen LogP contribution in [0.4, 0.5) is 11.4 Å². The van der Waals surface area contributed by atoms with Crippen LogP contribution >= 0.6 is 0 Å². The van der Waals surface area contributed by atoms with E-state index < -0.39 is 41.2 Å². The molecule has 2 aliphatic rings. The molecule has 1 atom stereocenters. The van der Waals surface area contributed by atoms with Crippen LogP contribution in [0.25, 0.3) is 0 Å². The molecule has 2 aliphatic heterocycles. The van der Waals surface area contributed by atoms with Crippen molar-refractivity contribution < 1.29 is 38.1 Å². The van der Waals surface area contributed by atoms with Gasteiger partial charge in [-0.05, 0) is 12.1 Å². The number of esters is 4. The summed E-state index contributed by atoms with van der Waals surface area (Å²) in [7, 11) is 6.15. The molecule has 1 aromatic rings. The topological polar surface area (TPSA) is 112 Å². The van der Waals surface area contributed by atoms with Crippen LogP contribution in [0.2, 0.25) is 0 Å². The number of hydrogen-bond donors (Lipinski definition) is 0. The molecule has 158 valence electrons. The maximum absolute atomic E-state index is 12.8. The van der Waals surface area contributed by atoms with Crippen molar-refractivity contribution in [3.05, 3.63) is 46.7 Å². The van der Waals surface area contributed by atoms with Gasteiger partial charge in [-0.2, -0.15) is 0 Å². The third kappa shape index (κ3) is 2.88. The molecule has 0 saturated heterocycles. The van der Waals surface area contributed by atoms with E-state index in [2.05, 4.69) is 0 Å². The molecule has 0 radical (unpaired) electrons. The summed E-state index contributed by atoms with van der Waals surface area (Å²) in [6, 6.07) is 6.99. The predicted molar refractivity (Wildman–Crippen MR) is 103 cm³/mol. The van der Waals surface area contributed by atoms with Crippen molar-refractivity contribution in [1.82, 2.24) is 0 Å². The van der Waals surface area contributed by atoms with Crippen molar-refractivity contribution in [2.75, 3.05) is 45.3 Å². The zero-order chi connectivity index (χ0) is 22.2. The number of ether oxygens (including phenoxy) is 4. The zero-order valence-electron chi connectivity index (χ0n) is 17.0. The first-order valence-electron chi connectivity index (χ1n) is 8.77. The van der Waals surface area contributed by atoms with Gasteiger partial charge in [0.15, 0.2) is 0 Å². The molecular formula is C20H20N2O8. The standard InChI is InChI=1S/C20H20N2O8/c1-21-10-8-6-7-9-11(10)22-15(20(26)30-5)13(18(24)28-3)12(17(23)27-2)14(16(21)22)19(25)29-4/h6-9,16H,1-5H3. The molecule has 0 amide bonds. The second-order valence-electron chi connectivity index (χ2n) is 6.32. The Morgan fingerprint density at radius 3 is 1.77 bits per heavy atom. The zero-order valence-corrected chi connectivity index (χ0v) is 17.0. The first kappa shape index (κ1) is 20.9. The normalized spacial score (nSPS) is 17.3. The Morgan fingerprint density at radius 1 is 0.733 bits per heavy atom. The van der Waals surface area contributed by atoms with E-state index in [0.29, 0.717) is 11.4 Å². The van der Waals surface area contributed by atoms with Gasteiger partial charge in [-0.3, -0.25) is 0 Å². The molecular weight excluding hydrogens is 396 g/mol. The summed E-state index contributed by atoms with van der Waals surface area (Å²) in [6.45, 7) is 0. The molecule has 10 nitrogen and oxygen atoms in total. The van der Waals surface area contributed by atoms with Gasteiger partial charge < -0.3 is 28.7 Å². The summed E-state index contributed by atoms with van der Waals surface area (Å²) in [5, 5.41) is 0.